The normalized spacial score (nSPS) is 12.0. The van der Waals surface area contributed by atoms with Crippen LogP contribution in [0.25, 0.3) is 11.0 Å². The van der Waals surface area contributed by atoms with Crippen molar-refractivity contribution in [3.63, 3.8) is 0 Å². The SMILES string of the molecule is Cc1ccc(C(=O)NC(CC(C)C)c2nc3ccccc3[nH]2)cc1NC(=O)c1ccccc1F. The van der Waals surface area contributed by atoms with E-state index in [1.54, 1.807) is 24.3 Å². The highest BCUT2D eigenvalue weighted by atomic mass is 19.1. The molecule has 6 nitrogen and oxygen atoms in total. The van der Waals surface area contributed by atoms with Crippen molar-refractivity contribution in [1.29, 1.82) is 0 Å². The second-order valence-corrected chi connectivity index (χ2v) is 8.76. The van der Waals surface area contributed by atoms with E-state index < -0.39 is 11.7 Å². The third-order valence-corrected chi connectivity index (χ3v) is 5.62. The average Bonchev–Trinajstić information content (AvgIpc) is 3.24. The van der Waals surface area contributed by atoms with Gasteiger partial charge in [-0.3, -0.25) is 9.59 Å². The lowest BCUT2D eigenvalue weighted by atomic mass is 10.0. The molecule has 0 spiro atoms. The van der Waals surface area contributed by atoms with Crippen molar-refractivity contribution in [3.05, 3.63) is 95.1 Å². The number of nitrogens with zero attached hydrogens (tertiary/aromatic N) is 1. The van der Waals surface area contributed by atoms with E-state index in [0.29, 0.717) is 29.4 Å². The van der Waals surface area contributed by atoms with Crippen molar-refractivity contribution in [1.82, 2.24) is 15.3 Å². The quantitative estimate of drug-likeness (QED) is 0.328. The van der Waals surface area contributed by atoms with Crippen LogP contribution in [-0.2, 0) is 0 Å². The molecule has 1 atom stereocenters. The predicted octanol–water partition coefficient (Wildman–Crippen LogP) is 5.78. The minimum absolute atomic E-state index is 0.0568. The second kappa shape index (κ2) is 9.87. The Bertz CT molecular complexity index is 1310. The first-order chi connectivity index (χ1) is 16.3. The molecule has 0 saturated carbocycles. The first-order valence-corrected chi connectivity index (χ1v) is 11.2. The molecular weight excluding hydrogens is 431 g/mol. The van der Waals surface area contributed by atoms with Crippen LogP contribution in [0.4, 0.5) is 10.1 Å². The van der Waals surface area contributed by atoms with Crippen LogP contribution in [0.15, 0.2) is 66.7 Å². The number of H-pyrrole nitrogens is 1. The number of hydrogen-bond acceptors (Lipinski definition) is 3. The largest absolute Gasteiger partial charge is 0.342 e. The molecule has 1 aromatic heterocycles. The van der Waals surface area contributed by atoms with Gasteiger partial charge in [-0.1, -0.05) is 44.2 Å². The fourth-order valence-electron chi connectivity index (χ4n) is 3.82. The molecule has 1 unspecified atom stereocenters. The molecule has 4 aromatic rings. The lowest BCUT2D eigenvalue weighted by Crippen LogP contribution is -2.30. The van der Waals surface area contributed by atoms with E-state index in [4.69, 9.17) is 0 Å². The van der Waals surface area contributed by atoms with Crippen molar-refractivity contribution in [2.75, 3.05) is 5.32 Å². The molecule has 34 heavy (non-hydrogen) atoms. The van der Waals surface area contributed by atoms with Gasteiger partial charge < -0.3 is 15.6 Å². The van der Waals surface area contributed by atoms with E-state index in [9.17, 15) is 14.0 Å². The summed E-state index contributed by atoms with van der Waals surface area (Å²) in [4.78, 5) is 33.7. The number of hydrogen-bond donors (Lipinski definition) is 3. The monoisotopic (exact) mass is 458 g/mol. The van der Waals surface area contributed by atoms with Crippen LogP contribution < -0.4 is 10.6 Å². The first kappa shape index (κ1) is 23.2. The Morgan fingerprint density at radius 1 is 1.00 bits per heavy atom. The zero-order valence-corrected chi connectivity index (χ0v) is 19.4. The van der Waals surface area contributed by atoms with Gasteiger partial charge in [-0.05, 0) is 61.2 Å². The molecule has 0 aliphatic heterocycles. The van der Waals surface area contributed by atoms with E-state index >= 15 is 0 Å². The van der Waals surface area contributed by atoms with Gasteiger partial charge >= 0.3 is 0 Å². The van der Waals surface area contributed by atoms with Crippen LogP contribution in [0, 0.1) is 18.7 Å². The highest BCUT2D eigenvalue weighted by molar-refractivity contribution is 6.05. The fraction of sp³-hybridized carbons (Fsp3) is 0.222. The Labute approximate surface area is 197 Å². The predicted molar refractivity (Wildman–Crippen MR) is 131 cm³/mol. The molecular formula is C27H27FN4O2. The van der Waals surface area contributed by atoms with Crippen LogP contribution in [0.2, 0.25) is 0 Å². The summed E-state index contributed by atoms with van der Waals surface area (Å²) in [6.45, 7) is 5.99. The molecule has 0 bridgehead atoms. The van der Waals surface area contributed by atoms with Crippen LogP contribution in [0.1, 0.15) is 58.4 Å². The van der Waals surface area contributed by atoms with Crippen LogP contribution >= 0.6 is 0 Å². The third-order valence-electron chi connectivity index (χ3n) is 5.62. The maximum atomic E-state index is 14.0. The van der Waals surface area contributed by atoms with Gasteiger partial charge in [0, 0.05) is 11.3 Å². The molecule has 0 radical (unpaired) electrons. The molecule has 4 rings (SSSR count). The lowest BCUT2D eigenvalue weighted by Gasteiger charge is -2.19. The van der Waals surface area contributed by atoms with Gasteiger partial charge in [0.1, 0.15) is 11.6 Å². The van der Waals surface area contributed by atoms with Crippen LogP contribution in [0.3, 0.4) is 0 Å². The number of fused-ring (bicyclic) bond motifs is 1. The molecule has 174 valence electrons. The van der Waals surface area contributed by atoms with Crippen LogP contribution in [0.5, 0.6) is 0 Å². The second-order valence-electron chi connectivity index (χ2n) is 8.76. The van der Waals surface area contributed by atoms with Crippen molar-refractivity contribution in [2.24, 2.45) is 5.92 Å². The van der Waals surface area contributed by atoms with E-state index in [1.807, 2.05) is 31.2 Å². The summed E-state index contributed by atoms with van der Waals surface area (Å²) in [6, 6.07) is 18.3. The average molecular weight is 459 g/mol. The summed E-state index contributed by atoms with van der Waals surface area (Å²) in [6.07, 6.45) is 0.703. The van der Waals surface area contributed by atoms with Gasteiger partial charge in [-0.2, -0.15) is 0 Å². The van der Waals surface area contributed by atoms with Gasteiger partial charge in [0.05, 0.1) is 22.6 Å². The summed E-state index contributed by atoms with van der Waals surface area (Å²) in [7, 11) is 0. The summed E-state index contributed by atoms with van der Waals surface area (Å²) in [5, 5.41) is 5.80. The standard InChI is InChI=1S/C27H27FN4O2/c1-16(2)14-24(25-29-21-10-6-7-11-22(21)30-25)32-26(33)18-13-12-17(3)23(15-18)31-27(34)19-8-4-5-9-20(19)28/h4-13,15-16,24H,14H2,1-3H3,(H,29,30)(H,31,34)(H,32,33). The zero-order valence-electron chi connectivity index (χ0n) is 19.4. The first-order valence-electron chi connectivity index (χ1n) is 11.2. The number of carbonyl (C=O) groups excluding carboxylic acids is 2. The van der Waals surface area contributed by atoms with Crippen molar-refractivity contribution in [2.45, 2.75) is 33.2 Å². The molecule has 3 aromatic carbocycles. The van der Waals surface area contributed by atoms with E-state index in [0.717, 1.165) is 16.6 Å². The maximum absolute atomic E-state index is 14.0. The van der Waals surface area contributed by atoms with Gasteiger partial charge in [0.25, 0.3) is 11.8 Å². The highest BCUT2D eigenvalue weighted by Gasteiger charge is 2.21. The number of para-hydroxylation sites is 2. The summed E-state index contributed by atoms with van der Waals surface area (Å²) in [5.41, 5.74) is 3.29. The number of anilines is 1. The minimum atomic E-state index is -0.603. The van der Waals surface area contributed by atoms with Crippen molar-refractivity contribution in [3.8, 4) is 0 Å². The summed E-state index contributed by atoms with van der Waals surface area (Å²) < 4.78 is 14.0. The molecule has 0 saturated heterocycles. The Kier molecular flexibility index (Phi) is 6.72. The minimum Gasteiger partial charge on any atom is -0.342 e. The van der Waals surface area contributed by atoms with Gasteiger partial charge in [-0.15, -0.1) is 0 Å². The Morgan fingerprint density at radius 2 is 1.74 bits per heavy atom. The molecule has 0 fully saturated rings. The topological polar surface area (TPSA) is 86.9 Å². The van der Waals surface area contributed by atoms with E-state index in [1.165, 1.54) is 18.2 Å². The van der Waals surface area contributed by atoms with Crippen molar-refractivity contribution >= 4 is 28.5 Å². The Balaban J connectivity index is 1.56. The van der Waals surface area contributed by atoms with Crippen molar-refractivity contribution < 1.29 is 14.0 Å². The number of nitrogens with one attached hydrogen (secondary N) is 3. The number of rotatable bonds is 7. The molecule has 3 N–H and O–H groups in total. The molecule has 7 heteroatoms. The number of aromatic amines is 1. The number of carbonyl (C=O) groups is 2. The number of aromatic nitrogens is 2. The number of imidazole rings is 1. The lowest BCUT2D eigenvalue weighted by molar-refractivity contribution is 0.0929. The number of benzene rings is 3. The highest BCUT2D eigenvalue weighted by Crippen LogP contribution is 2.24. The zero-order chi connectivity index (χ0) is 24.2. The van der Waals surface area contributed by atoms with Gasteiger partial charge in [-0.25, -0.2) is 9.37 Å². The Morgan fingerprint density at radius 3 is 2.47 bits per heavy atom. The number of amides is 2. The summed E-state index contributed by atoms with van der Waals surface area (Å²) >= 11 is 0. The van der Waals surface area contributed by atoms with Gasteiger partial charge in [0.2, 0.25) is 0 Å². The smallest absolute Gasteiger partial charge is 0.258 e. The molecule has 0 aliphatic rings. The fourth-order valence-corrected chi connectivity index (χ4v) is 3.82. The number of aryl methyl sites for hydroxylation is 1. The van der Waals surface area contributed by atoms with Crippen LogP contribution in [-0.4, -0.2) is 21.8 Å². The molecule has 1 heterocycles. The maximum Gasteiger partial charge on any atom is 0.258 e. The van der Waals surface area contributed by atoms with E-state index in [-0.39, 0.29) is 17.5 Å². The molecule has 2 amide bonds. The van der Waals surface area contributed by atoms with Gasteiger partial charge in [0.15, 0.2) is 0 Å². The Hall–Kier alpha value is -4.00. The number of halogens is 1. The third kappa shape index (κ3) is 5.14. The van der Waals surface area contributed by atoms with E-state index in [2.05, 4.69) is 34.4 Å². The molecule has 0 aliphatic carbocycles. The summed E-state index contributed by atoms with van der Waals surface area (Å²) in [5.74, 6) is -0.435.